The molecule has 2 fully saturated rings. The van der Waals surface area contributed by atoms with E-state index in [4.69, 9.17) is 0 Å². The van der Waals surface area contributed by atoms with Gasteiger partial charge in [0.25, 0.3) is 0 Å². The number of hydrogen-bond acceptors (Lipinski definition) is 3. The molecule has 5 heteroatoms. The van der Waals surface area contributed by atoms with E-state index in [9.17, 15) is 13.5 Å². The molecule has 0 aromatic heterocycles. The number of fused-ring (bicyclic) bond motifs is 2. The van der Waals surface area contributed by atoms with Gasteiger partial charge in [0.2, 0.25) is 10.0 Å². The van der Waals surface area contributed by atoms with E-state index >= 15 is 0 Å². The van der Waals surface area contributed by atoms with Gasteiger partial charge < -0.3 is 5.11 Å². The van der Waals surface area contributed by atoms with Crippen LogP contribution in [0.3, 0.4) is 0 Å². The van der Waals surface area contributed by atoms with Gasteiger partial charge in [0.05, 0.1) is 17.4 Å². The predicted octanol–water partition coefficient (Wildman–Crippen LogP) is -0.456. The lowest BCUT2D eigenvalue weighted by Crippen LogP contribution is -2.37. The summed E-state index contributed by atoms with van der Waals surface area (Å²) in [6, 6.07) is -0.159. The molecular weight excluding hydrogens is 178 g/mol. The Balaban J connectivity index is 2.38. The highest BCUT2D eigenvalue weighted by Crippen LogP contribution is 2.36. The van der Waals surface area contributed by atoms with Crippen molar-refractivity contribution in [1.29, 1.82) is 0 Å². The number of aliphatic hydroxyl groups excluding tert-OH is 1. The summed E-state index contributed by atoms with van der Waals surface area (Å²) in [6.45, 7) is 0. The number of hydrogen-bond donors (Lipinski definition) is 1. The largest absolute Gasteiger partial charge is 0.391 e. The van der Waals surface area contributed by atoms with Gasteiger partial charge in [-0.1, -0.05) is 0 Å². The monoisotopic (exact) mass is 191 g/mol. The quantitative estimate of drug-likeness (QED) is 0.564. The van der Waals surface area contributed by atoms with Gasteiger partial charge in [-0.3, -0.25) is 0 Å². The van der Waals surface area contributed by atoms with Crippen LogP contribution in [0.5, 0.6) is 0 Å². The van der Waals surface area contributed by atoms with Crippen molar-refractivity contribution in [2.75, 3.05) is 7.05 Å². The molecule has 1 saturated carbocycles. The summed E-state index contributed by atoms with van der Waals surface area (Å²) in [5.74, 6) is 0. The Morgan fingerprint density at radius 3 is 2.67 bits per heavy atom. The van der Waals surface area contributed by atoms with Gasteiger partial charge in [-0.05, 0) is 19.3 Å². The standard InChI is InChI=1S/C7H13NO3S/c1-8-6-4-5(12(8,10)11)2-3-7(6)9/h5-7,9H,2-4H2,1H3. The van der Waals surface area contributed by atoms with Crippen molar-refractivity contribution >= 4 is 10.0 Å². The molecule has 0 aromatic carbocycles. The van der Waals surface area contributed by atoms with Crippen molar-refractivity contribution in [2.24, 2.45) is 0 Å². The highest BCUT2D eigenvalue weighted by atomic mass is 32.2. The molecule has 0 aromatic rings. The Morgan fingerprint density at radius 1 is 1.42 bits per heavy atom. The van der Waals surface area contributed by atoms with Crippen LogP contribution < -0.4 is 0 Å². The van der Waals surface area contributed by atoms with Crippen LogP contribution in [0.1, 0.15) is 19.3 Å². The number of nitrogens with zero attached hydrogens (tertiary/aromatic N) is 1. The van der Waals surface area contributed by atoms with Crippen molar-refractivity contribution in [3.8, 4) is 0 Å². The minimum atomic E-state index is -3.06. The van der Waals surface area contributed by atoms with Gasteiger partial charge in [0.15, 0.2) is 0 Å². The second-order valence-electron chi connectivity index (χ2n) is 3.63. The van der Waals surface area contributed by atoms with Crippen molar-refractivity contribution in [1.82, 2.24) is 4.31 Å². The molecule has 12 heavy (non-hydrogen) atoms. The summed E-state index contributed by atoms with van der Waals surface area (Å²) in [7, 11) is -1.50. The fourth-order valence-corrected chi connectivity index (χ4v) is 4.13. The van der Waals surface area contributed by atoms with Gasteiger partial charge in [0.1, 0.15) is 0 Å². The molecule has 1 heterocycles. The van der Waals surface area contributed by atoms with Crippen molar-refractivity contribution in [2.45, 2.75) is 36.7 Å². The van der Waals surface area contributed by atoms with E-state index < -0.39 is 16.1 Å². The number of rotatable bonds is 0. The fraction of sp³-hybridized carbons (Fsp3) is 1.00. The maximum Gasteiger partial charge on any atom is 0.217 e. The third-order valence-corrected chi connectivity index (χ3v) is 5.37. The number of likely N-dealkylation sites (N-methyl/N-ethyl adjacent to an activating group) is 1. The molecule has 0 amide bonds. The first kappa shape index (κ1) is 8.47. The van der Waals surface area contributed by atoms with Gasteiger partial charge >= 0.3 is 0 Å². The first-order chi connectivity index (χ1) is 5.53. The first-order valence-corrected chi connectivity index (χ1v) is 5.68. The van der Waals surface area contributed by atoms with Gasteiger partial charge in [-0.2, -0.15) is 4.31 Å². The van der Waals surface area contributed by atoms with Gasteiger partial charge in [0, 0.05) is 7.05 Å². The Hall–Kier alpha value is -0.130. The van der Waals surface area contributed by atoms with E-state index in [1.54, 1.807) is 7.05 Å². The third-order valence-electron chi connectivity index (χ3n) is 3.02. The zero-order valence-electron chi connectivity index (χ0n) is 6.97. The lowest BCUT2D eigenvalue weighted by molar-refractivity contribution is 0.0801. The molecule has 2 bridgehead atoms. The molecule has 0 radical (unpaired) electrons. The molecular formula is C7H13NO3S. The minimum Gasteiger partial charge on any atom is -0.391 e. The summed E-state index contributed by atoms with van der Waals surface area (Å²) in [4.78, 5) is 0. The molecule has 70 valence electrons. The van der Waals surface area contributed by atoms with Crippen LogP contribution in [-0.2, 0) is 10.0 Å². The molecule has 3 unspecified atom stereocenters. The minimum absolute atomic E-state index is 0.159. The van der Waals surface area contributed by atoms with Crippen LogP contribution in [-0.4, -0.2) is 42.3 Å². The molecule has 3 atom stereocenters. The Morgan fingerprint density at radius 2 is 2.08 bits per heavy atom. The first-order valence-electron chi connectivity index (χ1n) is 4.18. The van der Waals surface area contributed by atoms with Gasteiger partial charge in [-0.25, -0.2) is 8.42 Å². The third kappa shape index (κ3) is 0.932. The average molecular weight is 191 g/mol. The SMILES string of the molecule is CN1C2CC(CCC2O)S1(=O)=O. The highest BCUT2D eigenvalue weighted by molar-refractivity contribution is 7.90. The van der Waals surface area contributed by atoms with E-state index in [2.05, 4.69) is 0 Å². The van der Waals surface area contributed by atoms with Crippen molar-refractivity contribution in [3.63, 3.8) is 0 Å². The maximum absolute atomic E-state index is 11.5. The molecule has 1 aliphatic carbocycles. The molecule has 1 aliphatic heterocycles. The zero-order chi connectivity index (χ0) is 8.93. The Labute approximate surface area is 72.2 Å². The smallest absolute Gasteiger partial charge is 0.217 e. The van der Waals surface area contributed by atoms with Gasteiger partial charge in [-0.15, -0.1) is 0 Å². The van der Waals surface area contributed by atoms with E-state index in [1.807, 2.05) is 0 Å². The second-order valence-corrected chi connectivity index (χ2v) is 5.90. The van der Waals surface area contributed by atoms with Crippen molar-refractivity contribution in [3.05, 3.63) is 0 Å². The lowest BCUT2D eigenvalue weighted by atomic mass is 9.93. The van der Waals surface area contributed by atoms with Crippen LogP contribution in [0.15, 0.2) is 0 Å². The Bertz CT molecular complexity index is 287. The van der Waals surface area contributed by atoms with Crippen LogP contribution >= 0.6 is 0 Å². The number of aliphatic hydroxyl groups is 1. The normalized spacial score (nSPS) is 46.3. The molecule has 4 nitrogen and oxygen atoms in total. The van der Waals surface area contributed by atoms with Crippen LogP contribution in [0.25, 0.3) is 0 Å². The zero-order valence-corrected chi connectivity index (χ0v) is 7.79. The summed E-state index contributed by atoms with van der Waals surface area (Å²) in [5, 5.41) is 9.27. The summed E-state index contributed by atoms with van der Waals surface area (Å²) in [6.07, 6.45) is 1.40. The van der Waals surface area contributed by atoms with Crippen molar-refractivity contribution < 1.29 is 13.5 Å². The van der Waals surface area contributed by atoms with E-state index in [1.165, 1.54) is 4.31 Å². The topological polar surface area (TPSA) is 57.6 Å². The van der Waals surface area contributed by atoms with Crippen LogP contribution in [0.2, 0.25) is 0 Å². The molecule has 2 aliphatic rings. The van der Waals surface area contributed by atoms with Crippen LogP contribution in [0, 0.1) is 0 Å². The van der Waals surface area contributed by atoms with E-state index in [0.717, 1.165) is 0 Å². The molecule has 1 N–H and O–H groups in total. The number of sulfonamides is 1. The Kier molecular flexibility index (Phi) is 1.72. The maximum atomic E-state index is 11.5. The average Bonchev–Trinajstić information content (AvgIpc) is 2.20. The van der Waals surface area contributed by atoms with E-state index in [-0.39, 0.29) is 11.3 Å². The fourth-order valence-electron chi connectivity index (χ4n) is 2.18. The second kappa shape index (κ2) is 2.43. The summed E-state index contributed by atoms with van der Waals surface area (Å²) < 4.78 is 24.4. The molecule has 1 saturated heterocycles. The lowest BCUT2D eigenvalue weighted by Gasteiger charge is -2.24. The highest BCUT2D eigenvalue weighted by Gasteiger charge is 2.49. The van der Waals surface area contributed by atoms with E-state index in [0.29, 0.717) is 19.3 Å². The summed E-state index contributed by atoms with van der Waals surface area (Å²) in [5.41, 5.74) is 0. The summed E-state index contributed by atoms with van der Waals surface area (Å²) >= 11 is 0. The molecule has 2 rings (SSSR count). The predicted molar refractivity (Wildman–Crippen MR) is 44.1 cm³/mol. The van der Waals surface area contributed by atoms with Crippen LogP contribution in [0.4, 0.5) is 0 Å². The molecule has 0 spiro atoms.